The Balaban J connectivity index is 1.25. The molecule has 1 fully saturated rings. The van der Waals surface area contributed by atoms with Gasteiger partial charge >= 0.3 is 0 Å². The lowest BCUT2D eigenvalue weighted by Gasteiger charge is -2.24. The van der Waals surface area contributed by atoms with Gasteiger partial charge in [-0.3, -0.25) is 19.1 Å². The van der Waals surface area contributed by atoms with Crippen LogP contribution in [-0.2, 0) is 16.1 Å². The molecular formula is C31H24ClF2N7O3. The molecule has 0 saturated carbocycles. The van der Waals surface area contributed by atoms with Crippen LogP contribution in [0.4, 0.5) is 14.5 Å². The predicted molar refractivity (Wildman–Crippen MR) is 160 cm³/mol. The lowest BCUT2D eigenvalue weighted by molar-refractivity contribution is -0.137. The number of rotatable bonds is 7. The average Bonchev–Trinajstić information content (AvgIpc) is 3.59. The first-order valence-electron chi connectivity index (χ1n) is 13.5. The number of hydrogen-bond acceptors (Lipinski definition) is 6. The highest BCUT2D eigenvalue weighted by Crippen LogP contribution is 2.33. The SMILES string of the molecule is NC(=O)c1nn(CC(=O)N2C[C@H](F)C[C@H]2C(=O)Nc2cccc(-c3ccccc3Cl)c2F)c2ccc(-c3cncnc3)cc12. The number of fused-ring (bicyclic) bond motifs is 1. The number of alkyl halides is 1. The summed E-state index contributed by atoms with van der Waals surface area (Å²) in [4.78, 5) is 48.1. The first kappa shape index (κ1) is 28.9. The van der Waals surface area contributed by atoms with E-state index in [2.05, 4.69) is 20.4 Å². The molecule has 0 bridgehead atoms. The van der Waals surface area contributed by atoms with E-state index in [1.165, 1.54) is 23.1 Å². The summed E-state index contributed by atoms with van der Waals surface area (Å²) in [5, 5.41) is 7.50. The Morgan fingerprint density at radius 2 is 1.75 bits per heavy atom. The molecule has 1 aliphatic heterocycles. The van der Waals surface area contributed by atoms with Gasteiger partial charge in [0.15, 0.2) is 11.5 Å². The third-order valence-electron chi connectivity index (χ3n) is 7.46. The van der Waals surface area contributed by atoms with Gasteiger partial charge in [-0.05, 0) is 29.8 Å². The highest BCUT2D eigenvalue weighted by Gasteiger charge is 2.40. The molecule has 0 spiro atoms. The first-order chi connectivity index (χ1) is 21.2. The van der Waals surface area contributed by atoms with Crippen LogP contribution >= 0.6 is 11.6 Å². The summed E-state index contributed by atoms with van der Waals surface area (Å²) >= 11 is 6.24. The van der Waals surface area contributed by atoms with Crippen molar-refractivity contribution in [1.29, 1.82) is 0 Å². The molecule has 3 heterocycles. The second kappa shape index (κ2) is 11.8. The minimum Gasteiger partial charge on any atom is -0.364 e. The largest absolute Gasteiger partial charge is 0.364 e. The zero-order valence-corrected chi connectivity index (χ0v) is 23.7. The quantitative estimate of drug-likeness (QED) is 0.274. The van der Waals surface area contributed by atoms with Crippen molar-refractivity contribution in [2.45, 2.75) is 25.2 Å². The lowest BCUT2D eigenvalue weighted by atomic mass is 10.0. The minimum absolute atomic E-state index is 0.0561. The molecule has 1 aliphatic rings. The van der Waals surface area contributed by atoms with Crippen LogP contribution in [0.2, 0.25) is 5.02 Å². The molecule has 0 unspecified atom stereocenters. The number of primary amides is 1. The Kier molecular flexibility index (Phi) is 7.75. The van der Waals surface area contributed by atoms with Gasteiger partial charge in [0.2, 0.25) is 11.8 Å². The van der Waals surface area contributed by atoms with Crippen LogP contribution in [-0.4, -0.2) is 61.1 Å². The van der Waals surface area contributed by atoms with Crippen LogP contribution < -0.4 is 11.1 Å². The molecule has 3 aromatic carbocycles. The van der Waals surface area contributed by atoms with Crippen molar-refractivity contribution in [3.8, 4) is 22.3 Å². The van der Waals surface area contributed by atoms with Crippen molar-refractivity contribution >= 4 is 45.9 Å². The third kappa shape index (κ3) is 5.47. The minimum atomic E-state index is -1.47. The standard InChI is InChI=1S/C31H24ClF2N7O3/c32-23-6-2-1-4-20(23)21-5-3-7-24(28(21)34)38-31(44)26-11-19(33)14-40(26)27(42)15-41-25-9-8-17(18-12-36-16-37-13-18)10-22(25)29(39-41)30(35)43/h1-10,12-13,16,19,26H,11,14-15H2,(H2,35,43)(H,38,44)/t19-,26+/m1/s1. The second-order valence-corrected chi connectivity index (χ2v) is 10.7. The summed E-state index contributed by atoms with van der Waals surface area (Å²) in [6.07, 6.45) is 2.87. The number of carbonyl (C=O) groups is 3. The molecule has 0 aliphatic carbocycles. The number of likely N-dealkylation sites (tertiary alicyclic amines) is 1. The van der Waals surface area contributed by atoms with E-state index in [1.54, 1.807) is 60.9 Å². The van der Waals surface area contributed by atoms with E-state index in [0.29, 0.717) is 32.6 Å². The van der Waals surface area contributed by atoms with Crippen LogP contribution in [0, 0.1) is 5.82 Å². The van der Waals surface area contributed by atoms with Crippen LogP contribution in [0.5, 0.6) is 0 Å². The smallest absolute Gasteiger partial charge is 0.269 e. The zero-order valence-electron chi connectivity index (χ0n) is 23.0. The Labute approximate surface area is 254 Å². The fraction of sp³-hybridized carbons (Fsp3) is 0.161. The molecule has 44 heavy (non-hydrogen) atoms. The van der Waals surface area contributed by atoms with E-state index in [1.807, 2.05) is 0 Å². The average molecular weight is 616 g/mol. The molecule has 3 amide bonds. The van der Waals surface area contributed by atoms with Gasteiger partial charge in [0.05, 0.1) is 17.7 Å². The maximum Gasteiger partial charge on any atom is 0.269 e. The fourth-order valence-electron chi connectivity index (χ4n) is 5.37. The maximum atomic E-state index is 15.5. The number of aromatic nitrogens is 4. The van der Waals surface area contributed by atoms with Crippen molar-refractivity contribution in [2.75, 3.05) is 11.9 Å². The molecule has 2 aromatic heterocycles. The Morgan fingerprint density at radius 3 is 2.50 bits per heavy atom. The van der Waals surface area contributed by atoms with E-state index in [4.69, 9.17) is 17.3 Å². The highest BCUT2D eigenvalue weighted by atomic mass is 35.5. The van der Waals surface area contributed by atoms with Gasteiger partial charge in [0.1, 0.15) is 25.1 Å². The van der Waals surface area contributed by atoms with E-state index < -0.39 is 42.3 Å². The van der Waals surface area contributed by atoms with Gasteiger partial charge in [0.25, 0.3) is 5.91 Å². The van der Waals surface area contributed by atoms with Crippen molar-refractivity contribution in [3.05, 3.63) is 95.9 Å². The number of anilines is 1. The van der Waals surface area contributed by atoms with Crippen LogP contribution in [0.1, 0.15) is 16.9 Å². The zero-order chi connectivity index (χ0) is 31.0. The van der Waals surface area contributed by atoms with Crippen LogP contribution in [0.15, 0.2) is 79.4 Å². The molecule has 0 radical (unpaired) electrons. The number of halogens is 3. The number of nitrogens with two attached hydrogens (primary N) is 1. The van der Waals surface area contributed by atoms with E-state index in [0.717, 1.165) is 4.90 Å². The van der Waals surface area contributed by atoms with Crippen molar-refractivity contribution in [1.82, 2.24) is 24.6 Å². The molecule has 2 atom stereocenters. The number of nitrogens with zero attached hydrogens (tertiary/aromatic N) is 5. The lowest BCUT2D eigenvalue weighted by Crippen LogP contribution is -2.44. The molecule has 3 N–H and O–H groups in total. The molecule has 6 rings (SSSR count). The molecule has 13 heteroatoms. The fourth-order valence-corrected chi connectivity index (χ4v) is 5.61. The van der Waals surface area contributed by atoms with Crippen molar-refractivity contribution in [2.24, 2.45) is 5.73 Å². The monoisotopic (exact) mass is 615 g/mol. The number of carbonyl (C=O) groups excluding carboxylic acids is 3. The van der Waals surface area contributed by atoms with Gasteiger partial charge < -0.3 is 16.0 Å². The number of amides is 3. The summed E-state index contributed by atoms with van der Waals surface area (Å²) in [5.74, 6) is -2.88. The number of hydrogen-bond donors (Lipinski definition) is 2. The summed E-state index contributed by atoms with van der Waals surface area (Å²) in [6.45, 7) is -0.733. The summed E-state index contributed by atoms with van der Waals surface area (Å²) in [5.41, 5.74) is 7.84. The predicted octanol–water partition coefficient (Wildman–Crippen LogP) is 4.63. The summed E-state index contributed by atoms with van der Waals surface area (Å²) < 4.78 is 31.4. The number of nitrogens with one attached hydrogen (secondary N) is 1. The Morgan fingerprint density at radius 1 is 1.00 bits per heavy atom. The van der Waals surface area contributed by atoms with Gasteiger partial charge in [-0.15, -0.1) is 0 Å². The van der Waals surface area contributed by atoms with Gasteiger partial charge in [-0.2, -0.15) is 5.10 Å². The normalized spacial score (nSPS) is 16.3. The maximum absolute atomic E-state index is 15.5. The van der Waals surface area contributed by atoms with Gasteiger partial charge in [0, 0.05) is 45.9 Å². The Bertz CT molecular complexity index is 1920. The van der Waals surface area contributed by atoms with Crippen LogP contribution in [0.3, 0.4) is 0 Å². The summed E-state index contributed by atoms with van der Waals surface area (Å²) in [7, 11) is 0. The van der Waals surface area contributed by atoms with Crippen molar-refractivity contribution < 1.29 is 23.2 Å². The Hall–Kier alpha value is -5.23. The molecule has 10 nitrogen and oxygen atoms in total. The van der Waals surface area contributed by atoms with Gasteiger partial charge in [-0.1, -0.05) is 48.0 Å². The molecule has 222 valence electrons. The molecule has 5 aromatic rings. The molecular weight excluding hydrogens is 592 g/mol. The van der Waals surface area contributed by atoms with E-state index in [9.17, 15) is 18.8 Å². The van der Waals surface area contributed by atoms with E-state index in [-0.39, 0.29) is 29.9 Å². The molecule has 1 saturated heterocycles. The number of benzene rings is 3. The summed E-state index contributed by atoms with van der Waals surface area (Å²) in [6, 6.07) is 15.1. The van der Waals surface area contributed by atoms with Gasteiger partial charge in [-0.25, -0.2) is 18.7 Å². The van der Waals surface area contributed by atoms with Crippen LogP contribution in [0.25, 0.3) is 33.2 Å². The van der Waals surface area contributed by atoms with E-state index >= 15 is 4.39 Å². The highest BCUT2D eigenvalue weighted by molar-refractivity contribution is 6.33. The topological polar surface area (TPSA) is 136 Å². The third-order valence-corrected chi connectivity index (χ3v) is 7.79. The van der Waals surface area contributed by atoms with Crippen molar-refractivity contribution in [3.63, 3.8) is 0 Å². The second-order valence-electron chi connectivity index (χ2n) is 10.3. The first-order valence-corrected chi connectivity index (χ1v) is 13.9.